The largest absolute Gasteiger partial charge is 0.344 e. The van der Waals surface area contributed by atoms with Crippen molar-refractivity contribution < 1.29 is 0 Å². The summed E-state index contributed by atoms with van der Waals surface area (Å²) in [4.78, 5) is 0. The van der Waals surface area contributed by atoms with E-state index in [4.69, 9.17) is 0 Å². The van der Waals surface area contributed by atoms with Crippen LogP contribution in [0.25, 0.3) is 10.9 Å². The molecule has 0 saturated heterocycles. The molecule has 0 bridgehead atoms. The molecule has 0 N–H and O–H groups in total. The third-order valence-corrected chi connectivity index (χ3v) is 3.35. The Bertz CT molecular complexity index is 489. The Hall–Kier alpha value is -1.24. The van der Waals surface area contributed by atoms with Gasteiger partial charge in [-0.25, -0.2) is 0 Å². The van der Waals surface area contributed by atoms with E-state index < -0.39 is 0 Å². The molecular weight excluding hydrogens is 182 g/mol. The van der Waals surface area contributed by atoms with Crippen molar-refractivity contribution in [2.75, 3.05) is 0 Å². The standard InChI is InChI=1S/C14H17N/c1-10(2)11-3-6-14-12(9-11)7-8-15(14)13-4-5-13/h3,6-10,13H,4-5H2,1-2H3. The van der Waals surface area contributed by atoms with Crippen LogP contribution in [0.15, 0.2) is 30.5 Å². The topological polar surface area (TPSA) is 4.93 Å². The van der Waals surface area contributed by atoms with Gasteiger partial charge < -0.3 is 4.57 Å². The quantitative estimate of drug-likeness (QED) is 0.686. The number of rotatable bonds is 2. The molecule has 1 heterocycles. The van der Waals surface area contributed by atoms with E-state index in [9.17, 15) is 0 Å². The normalized spacial score (nSPS) is 16.5. The van der Waals surface area contributed by atoms with Crippen molar-refractivity contribution in [3.63, 3.8) is 0 Å². The van der Waals surface area contributed by atoms with E-state index in [1.54, 1.807) is 0 Å². The Kier molecular flexibility index (Phi) is 1.88. The molecule has 1 aliphatic rings. The zero-order valence-electron chi connectivity index (χ0n) is 9.40. The van der Waals surface area contributed by atoms with E-state index in [0.29, 0.717) is 5.92 Å². The van der Waals surface area contributed by atoms with Gasteiger partial charge in [0.05, 0.1) is 0 Å². The van der Waals surface area contributed by atoms with Crippen LogP contribution in [0.2, 0.25) is 0 Å². The summed E-state index contributed by atoms with van der Waals surface area (Å²) in [7, 11) is 0. The summed E-state index contributed by atoms with van der Waals surface area (Å²) in [5.74, 6) is 0.624. The van der Waals surface area contributed by atoms with Gasteiger partial charge in [0.1, 0.15) is 0 Å². The van der Waals surface area contributed by atoms with Crippen LogP contribution in [0.3, 0.4) is 0 Å². The molecule has 2 aromatic rings. The Morgan fingerprint density at radius 2 is 2.00 bits per heavy atom. The van der Waals surface area contributed by atoms with Crippen LogP contribution in [-0.2, 0) is 0 Å². The molecule has 1 saturated carbocycles. The fourth-order valence-corrected chi connectivity index (χ4v) is 2.21. The van der Waals surface area contributed by atoms with Crippen LogP contribution >= 0.6 is 0 Å². The van der Waals surface area contributed by atoms with E-state index >= 15 is 0 Å². The van der Waals surface area contributed by atoms with Crippen LogP contribution in [0.4, 0.5) is 0 Å². The lowest BCUT2D eigenvalue weighted by Crippen LogP contribution is -1.91. The molecule has 15 heavy (non-hydrogen) atoms. The Morgan fingerprint density at radius 1 is 1.20 bits per heavy atom. The van der Waals surface area contributed by atoms with Crippen molar-refractivity contribution in [2.24, 2.45) is 0 Å². The lowest BCUT2D eigenvalue weighted by Gasteiger charge is -2.06. The molecule has 0 spiro atoms. The van der Waals surface area contributed by atoms with Crippen molar-refractivity contribution >= 4 is 10.9 Å². The first-order chi connectivity index (χ1) is 7.25. The first-order valence-electron chi connectivity index (χ1n) is 5.86. The molecule has 0 aliphatic heterocycles. The number of hydrogen-bond acceptors (Lipinski definition) is 0. The average Bonchev–Trinajstić information content (AvgIpc) is 2.98. The minimum Gasteiger partial charge on any atom is -0.344 e. The second kappa shape index (κ2) is 3.13. The maximum atomic E-state index is 2.43. The Morgan fingerprint density at radius 3 is 2.67 bits per heavy atom. The molecule has 1 aromatic carbocycles. The summed E-state index contributed by atoms with van der Waals surface area (Å²) in [6.45, 7) is 4.50. The molecule has 1 aromatic heterocycles. The van der Waals surface area contributed by atoms with Gasteiger partial charge in [-0.1, -0.05) is 19.9 Å². The van der Waals surface area contributed by atoms with E-state index in [0.717, 1.165) is 6.04 Å². The summed E-state index contributed by atoms with van der Waals surface area (Å²) in [6, 6.07) is 9.92. The van der Waals surface area contributed by atoms with E-state index in [2.05, 4.69) is 48.9 Å². The van der Waals surface area contributed by atoms with Crippen LogP contribution < -0.4 is 0 Å². The predicted molar refractivity (Wildman–Crippen MR) is 64.3 cm³/mol. The SMILES string of the molecule is CC(C)c1ccc2c(ccn2C2CC2)c1. The molecule has 1 aliphatic carbocycles. The third-order valence-electron chi connectivity index (χ3n) is 3.35. The fourth-order valence-electron chi connectivity index (χ4n) is 2.21. The minimum absolute atomic E-state index is 0.624. The van der Waals surface area contributed by atoms with Gasteiger partial charge in [0, 0.05) is 17.8 Å². The van der Waals surface area contributed by atoms with Crippen molar-refractivity contribution in [1.29, 1.82) is 0 Å². The number of benzene rings is 1. The van der Waals surface area contributed by atoms with Gasteiger partial charge >= 0.3 is 0 Å². The number of hydrogen-bond donors (Lipinski definition) is 0. The van der Waals surface area contributed by atoms with Crippen LogP contribution in [0.5, 0.6) is 0 Å². The van der Waals surface area contributed by atoms with Gasteiger partial charge in [-0.3, -0.25) is 0 Å². The van der Waals surface area contributed by atoms with Gasteiger partial charge in [0.25, 0.3) is 0 Å². The average molecular weight is 199 g/mol. The van der Waals surface area contributed by atoms with E-state index in [-0.39, 0.29) is 0 Å². The second-order valence-electron chi connectivity index (χ2n) is 4.93. The highest BCUT2D eigenvalue weighted by molar-refractivity contribution is 5.81. The predicted octanol–water partition coefficient (Wildman–Crippen LogP) is 4.10. The van der Waals surface area contributed by atoms with Crippen molar-refractivity contribution in [2.45, 2.75) is 38.6 Å². The summed E-state index contributed by atoms with van der Waals surface area (Å²) in [6.07, 6.45) is 4.96. The molecule has 0 amide bonds. The van der Waals surface area contributed by atoms with E-state index in [1.165, 1.54) is 29.3 Å². The lowest BCUT2D eigenvalue weighted by molar-refractivity contribution is 0.775. The minimum atomic E-state index is 0.624. The molecule has 1 heteroatoms. The Balaban J connectivity index is 2.13. The monoisotopic (exact) mass is 199 g/mol. The molecule has 0 unspecified atom stereocenters. The summed E-state index contributed by atoms with van der Waals surface area (Å²) in [5.41, 5.74) is 2.85. The van der Waals surface area contributed by atoms with Gasteiger partial charge in [-0.05, 0) is 47.9 Å². The first kappa shape index (κ1) is 9.02. The first-order valence-corrected chi connectivity index (χ1v) is 5.86. The molecule has 0 radical (unpaired) electrons. The molecule has 1 nitrogen and oxygen atoms in total. The fraction of sp³-hybridized carbons (Fsp3) is 0.429. The zero-order chi connectivity index (χ0) is 10.4. The van der Waals surface area contributed by atoms with Gasteiger partial charge in [-0.15, -0.1) is 0 Å². The number of nitrogens with zero attached hydrogens (tertiary/aromatic N) is 1. The van der Waals surface area contributed by atoms with Crippen molar-refractivity contribution in [3.8, 4) is 0 Å². The number of aromatic nitrogens is 1. The molecule has 0 atom stereocenters. The maximum absolute atomic E-state index is 2.43. The number of fused-ring (bicyclic) bond motifs is 1. The molecule has 78 valence electrons. The zero-order valence-corrected chi connectivity index (χ0v) is 9.40. The van der Waals surface area contributed by atoms with Gasteiger partial charge in [-0.2, -0.15) is 0 Å². The smallest absolute Gasteiger partial charge is 0.0483 e. The van der Waals surface area contributed by atoms with Crippen molar-refractivity contribution in [1.82, 2.24) is 4.57 Å². The lowest BCUT2D eigenvalue weighted by atomic mass is 10.0. The molecular formula is C14H17N. The summed E-state index contributed by atoms with van der Waals surface area (Å²) >= 11 is 0. The van der Waals surface area contributed by atoms with E-state index in [1.807, 2.05) is 0 Å². The van der Waals surface area contributed by atoms with Gasteiger partial charge in [0.2, 0.25) is 0 Å². The van der Waals surface area contributed by atoms with Gasteiger partial charge in [0.15, 0.2) is 0 Å². The van der Waals surface area contributed by atoms with Crippen LogP contribution in [0.1, 0.15) is 44.2 Å². The van der Waals surface area contributed by atoms with Crippen LogP contribution in [-0.4, -0.2) is 4.57 Å². The van der Waals surface area contributed by atoms with Crippen molar-refractivity contribution in [3.05, 3.63) is 36.0 Å². The summed E-state index contributed by atoms with van der Waals surface area (Å²) < 4.78 is 2.43. The molecule has 3 rings (SSSR count). The third kappa shape index (κ3) is 1.46. The maximum Gasteiger partial charge on any atom is 0.0483 e. The highest BCUT2D eigenvalue weighted by Gasteiger charge is 2.24. The molecule has 1 fully saturated rings. The summed E-state index contributed by atoms with van der Waals surface area (Å²) in [5, 5.41) is 1.40. The Labute approximate surface area is 90.7 Å². The highest BCUT2D eigenvalue weighted by atomic mass is 15.0. The highest BCUT2D eigenvalue weighted by Crippen LogP contribution is 2.38. The van der Waals surface area contributed by atoms with Crippen LogP contribution in [0, 0.1) is 0 Å². The second-order valence-corrected chi connectivity index (χ2v) is 4.93.